The summed E-state index contributed by atoms with van der Waals surface area (Å²) in [6.07, 6.45) is 3.38. The SMILES string of the molecule is CCC(CC)NP(=O)(NC1CC(C)(C)N(OC)C(C)(C)C1)Oc1ccccc1. The Morgan fingerprint density at radius 3 is 2.11 bits per heavy atom. The fraction of sp³-hybridized carbons (Fsp3) is 0.714. The molecule has 2 N–H and O–H groups in total. The van der Waals surface area contributed by atoms with Crippen LogP contribution < -0.4 is 14.7 Å². The maximum Gasteiger partial charge on any atom is 0.390 e. The van der Waals surface area contributed by atoms with Crippen molar-refractivity contribution in [2.24, 2.45) is 0 Å². The van der Waals surface area contributed by atoms with Crippen LogP contribution in [-0.2, 0) is 9.40 Å². The average molecular weight is 412 g/mol. The second-order valence-corrected chi connectivity index (χ2v) is 10.7. The Kier molecular flexibility index (Phi) is 7.74. The van der Waals surface area contributed by atoms with E-state index in [0.717, 1.165) is 25.7 Å². The van der Waals surface area contributed by atoms with Gasteiger partial charge >= 0.3 is 7.67 Å². The van der Waals surface area contributed by atoms with Gasteiger partial charge in [-0.3, -0.25) is 0 Å². The summed E-state index contributed by atoms with van der Waals surface area (Å²) in [4.78, 5) is 5.68. The summed E-state index contributed by atoms with van der Waals surface area (Å²) in [5, 5.41) is 8.71. The number of para-hydroxylation sites is 1. The van der Waals surface area contributed by atoms with Crippen molar-refractivity contribution < 1.29 is 13.9 Å². The van der Waals surface area contributed by atoms with E-state index in [4.69, 9.17) is 9.36 Å². The van der Waals surface area contributed by atoms with Gasteiger partial charge in [-0.15, -0.1) is 0 Å². The van der Waals surface area contributed by atoms with Crippen LogP contribution in [0, 0.1) is 0 Å². The van der Waals surface area contributed by atoms with Crippen molar-refractivity contribution in [1.82, 2.24) is 15.2 Å². The summed E-state index contributed by atoms with van der Waals surface area (Å²) < 4.78 is 19.9. The molecule has 28 heavy (non-hydrogen) atoms. The van der Waals surface area contributed by atoms with E-state index in [2.05, 4.69) is 56.8 Å². The highest BCUT2D eigenvalue weighted by molar-refractivity contribution is 7.55. The van der Waals surface area contributed by atoms with E-state index in [1.807, 2.05) is 30.3 Å². The molecule has 0 aromatic heterocycles. The highest BCUT2D eigenvalue weighted by Crippen LogP contribution is 2.45. The Bertz CT molecular complexity index is 644. The molecule has 0 bridgehead atoms. The standard InChI is InChI=1S/C21H38N3O3P/c1-8-17(9-2)22-28(25,27-19-13-11-10-12-14-19)23-18-15-20(3,4)24(26-7)21(5,6)16-18/h10-14,17-18H,8-9,15-16H2,1-7H3,(H2,22,23,25). The average Bonchev–Trinajstić information content (AvgIpc) is 2.58. The first-order valence-electron chi connectivity index (χ1n) is 10.3. The predicted molar refractivity (Wildman–Crippen MR) is 115 cm³/mol. The molecule has 1 unspecified atom stereocenters. The number of benzene rings is 1. The van der Waals surface area contributed by atoms with Crippen molar-refractivity contribution in [3.63, 3.8) is 0 Å². The van der Waals surface area contributed by atoms with Gasteiger partial charge in [0.05, 0.1) is 7.11 Å². The number of hydrogen-bond donors (Lipinski definition) is 2. The van der Waals surface area contributed by atoms with Crippen molar-refractivity contribution in [1.29, 1.82) is 0 Å². The van der Waals surface area contributed by atoms with Crippen LogP contribution in [0.5, 0.6) is 5.75 Å². The van der Waals surface area contributed by atoms with Crippen LogP contribution in [0.15, 0.2) is 30.3 Å². The largest absolute Gasteiger partial charge is 0.422 e. The molecule has 0 amide bonds. The molecule has 0 radical (unpaired) electrons. The summed E-state index contributed by atoms with van der Waals surface area (Å²) >= 11 is 0. The van der Waals surface area contributed by atoms with Gasteiger partial charge in [0.15, 0.2) is 0 Å². The van der Waals surface area contributed by atoms with Gasteiger partial charge < -0.3 is 9.36 Å². The molecule has 1 aromatic carbocycles. The first-order chi connectivity index (χ1) is 13.0. The first-order valence-corrected chi connectivity index (χ1v) is 11.9. The summed E-state index contributed by atoms with van der Waals surface area (Å²) in [5.74, 6) is 0.602. The molecule has 1 atom stereocenters. The van der Waals surface area contributed by atoms with Crippen LogP contribution in [0.2, 0.25) is 0 Å². The Balaban J connectivity index is 2.25. The van der Waals surface area contributed by atoms with E-state index in [1.165, 1.54) is 0 Å². The van der Waals surface area contributed by atoms with Crippen LogP contribution in [0.3, 0.4) is 0 Å². The smallest absolute Gasteiger partial charge is 0.390 e. The third-order valence-corrected chi connectivity index (χ3v) is 7.32. The molecule has 1 saturated heterocycles. The maximum absolute atomic E-state index is 13.9. The third kappa shape index (κ3) is 5.80. The van der Waals surface area contributed by atoms with E-state index in [0.29, 0.717) is 5.75 Å². The van der Waals surface area contributed by atoms with Gasteiger partial charge in [0.1, 0.15) is 5.75 Å². The van der Waals surface area contributed by atoms with Crippen molar-refractivity contribution >= 4 is 7.67 Å². The van der Waals surface area contributed by atoms with Crippen LogP contribution in [0.25, 0.3) is 0 Å². The van der Waals surface area contributed by atoms with Crippen LogP contribution in [0.1, 0.15) is 67.2 Å². The summed E-state index contributed by atoms with van der Waals surface area (Å²) in [7, 11) is -1.58. The third-order valence-electron chi connectivity index (χ3n) is 5.44. The van der Waals surface area contributed by atoms with Gasteiger partial charge in [0.25, 0.3) is 0 Å². The van der Waals surface area contributed by atoms with Gasteiger partial charge in [0.2, 0.25) is 0 Å². The van der Waals surface area contributed by atoms with Gasteiger partial charge in [0, 0.05) is 23.2 Å². The number of hydrogen-bond acceptors (Lipinski definition) is 4. The molecule has 1 fully saturated rings. The summed E-state index contributed by atoms with van der Waals surface area (Å²) in [5.41, 5.74) is -0.388. The topological polar surface area (TPSA) is 62.8 Å². The van der Waals surface area contributed by atoms with E-state index >= 15 is 0 Å². The van der Waals surface area contributed by atoms with Crippen molar-refractivity contribution in [2.45, 2.75) is 90.4 Å². The van der Waals surface area contributed by atoms with Crippen molar-refractivity contribution in [3.8, 4) is 5.75 Å². The summed E-state index contributed by atoms with van der Waals surface area (Å²) in [6, 6.07) is 9.54. The number of rotatable bonds is 9. The molecule has 6 nitrogen and oxygen atoms in total. The maximum atomic E-state index is 13.9. The zero-order valence-electron chi connectivity index (χ0n) is 18.5. The highest BCUT2D eigenvalue weighted by atomic mass is 31.2. The fourth-order valence-corrected chi connectivity index (χ4v) is 6.63. The minimum atomic E-state index is -3.30. The van der Waals surface area contributed by atoms with Gasteiger partial charge in [-0.2, -0.15) is 5.06 Å². The molecule has 1 aliphatic heterocycles. The number of nitrogens with zero attached hydrogens (tertiary/aromatic N) is 1. The number of nitrogens with one attached hydrogen (secondary N) is 2. The molecule has 0 aliphatic carbocycles. The Labute approximate surface area is 170 Å². The first kappa shape index (κ1) is 23.4. The zero-order chi connectivity index (χ0) is 21.0. The van der Waals surface area contributed by atoms with E-state index < -0.39 is 7.67 Å². The Hall–Kier alpha value is -0.910. The second-order valence-electron chi connectivity index (χ2n) is 8.93. The molecule has 0 spiro atoms. The molecular weight excluding hydrogens is 373 g/mol. The van der Waals surface area contributed by atoms with E-state index in [1.54, 1.807) is 7.11 Å². The lowest BCUT2D eigenvalue weighted by atomic mass is 9.79. The lowest BCUT2D eigenvalue weighted by molar-refractivity contribution is -0.266. The van der Waals surface area contributed by atoms with Crippen LogP contribution in [-0.4, -0.2) is 35.3 Å². The number of piperidine rings is 1. The Morgan fingerprint density at radius 1 is 1.11 bits per heavy atom. The summed E-state index contributed by atoms with van der Waals surface area (Å²) in [6.45, 7) is 12.8. The lowest BCUT2D eigenvalue weighted by Gasteiger charge is -2.53. The van der Waals surface area contributed by atoms with Crippen LogP contribution in [0.4, 0.5) is 0 Å². The molecule has 1 aliphatic rings. The van der Waals surface area contributed by atoms with Crippen molar-refractivity contribution in [3.05, 3.63) is 30.3 Å². The lowest BCUT2D eigenvalue weighted by Crippen LogP contribution is -2.63. The highest BCUT2D eigenvalue weighted by Gasteiger charge is 2.48. The monoisotopic (exact) mass is 411 g/mol. The van der Waals surface area contributed by atoms with Gasteiger partial charge in [-0.1, -0.05) is 32.0 Å². The van der Waals surface area contributed by atoms with Crippen LogP contribution >= 0.6 is 7.67 Å². The molecular formula is C21H38N3O3P. The molecule has 7 heteroatoms. The molecule has 160 valence electrons. The van der Waals surface area contributed by atoms with E-state index in [9.17, 15) is 4.57 Å². The zero-order valence-corrected chi connectivity index (χ0v) is 19.4. The molecule has 1 heterocycles. The predicted octanol–water partition coefficient (Wildman–Crippen LogP) is 5.12. The normalized spacial score (nSPS) is 22.1. The van der Waals surface area contributed by atoms with Gasteiger partial charge in [-0.25, -0.2) is 14.7 Å². The second kappa shape index (κ2) is 9.27. The molecule has 1 aromatic rings. The minimum absolute atomic E-state index is 0.0350. The fourth-order valence-electron chi connectivity index (χ4n) is 4.52. The quantitative estimate of drug-likeness (QED) is 0.550. The van der Waals surface area contributed by atoms with Gasteiger partial charge in [-0.05, 0) is 65.5 Å². The van der Waals surface area contributed by atoms with E-state index in [-0.39, 0.29) is 23.2 Å². The number of hydroxylamine groups is 2. The molecule has 0 saturated carbocycles. The Morgan fingerprint density at radius 2 is 1.64 bits per heavy atom. The minimum Gasteiger partial charge on any atom is -0.422 e. The molecule has 2 rings (SSSR count). The van der Waals surface area contributed by atoms with Crippen molar-refractivity contribution in [2.75, 3.05) is 7.11 Å².